The van der Waals surface area contributed by atoms with Crippen LogP contribution < -0.4 is 4.72 Å². The number of carboxylic acid groups (broad SMARTS) is 1. The fraction of sp³-hybridized carbons (Fsp3) is 0.300. The molecular formula is C10H13NO4S. The van der Waals surface area contributed by atoms with Crippen molar-refractivity contribution in [2.45, 2.75) is 13.3 Å². The molecule has 0 bridgehead atoms. The van der Waals surface area contributed by atoms with Gasteiger partial charge in [-0.3, -0.25) is 9.52 Å². The zero-order chi connectivity index (χ0) is 12.2. The van der Waals surface area contributed by atoms with Crippen LogP contribution in [0.25, 0.3) is 0 Å². The minimum atomic E-state index is -3.32. The molecule has 16 heavy (non-hydrogen) atoms. The normalized spacial score (nSPS) is 11.1. The summed E-state index contributed by atoms with van der Waals surface area (Å²) in [5.41, 5.74) is 0.949. The van der Waals surface area contributed by atoms with Gasteiger partial charge >= 0.3 is 5.97 Å². The molecule has 0 fully saturated rings. The van der Waals surface area contributed by atoms with Gasteiger partial charge in [-0.2, -0.15) is 0 Å². The predicted octanol–water partition coefficient (Wildman–Crippen LogP) is 1.08. The van der Waals surface area contributed by atoms with Crippen LogP contribution in [0.4, 0.5) is 5.69 Å². The molecule has 0 saturated heterocycles. The van der Waals surface area contributed by atoms with Crippen LogP contribution in [0.15, 0.2) is 24.3 Å². The topological polar surface area (TPSA) is 83.5 Å². The fourth-order valence-electron chi connectivity index (χ4n) is 1.17. The van der Waals surface area contributed by atoms with Crippen molar-refractivity contribution in [3.8, 4) is 0 Å². The van der Waals surface area contributed by atoms with Crippen molar-refractivity contribution in [2.75, 3.05) is 10.5 Å². The molecule has 0 saturated carbocycles. The van der Waals surface area contributed by atoms with E-state index in [1.54, 1.807) is 18.2 Å². The number of anilines is 1. The number of sulfonamides is 1. The number of benzene rings is 1. The molecule has 6 heteroatoms. The third-order valence-electron chi connectivity index (χ3n) is 1.94. The van der Waals surface area contributed by atoms with Crippen molar-refractivity contribution in [1.82, 2.24) is 0 Å². The molecule has 88 valence electrons. The first-order valence-corrected chi connectivity index (χ1v) is 6.39. The van der Waals surface area contributed by atoms with E-state index >= 15 is 0 Å². The van der Waals surface area contributed by atoms with Crippen molar-refractivity contribution >= 4 is 21.7 Å². The van der Waals surface area contributed by atoms with Gasteiger partial charge in [0.2, 0.25) is 10.0 Å². The second-order valence-electron chi connectivity index (χ2n) is 3.28. The summed E-state index contributed by atoms with van der Waals surface area (Å²) < 4.78 is 24.9. The Kier molecular flexibility index (Phi) is 3.89. The minimum Gasteiger partial charge on any atom is -0.481 e. The average Bonchev–Trinajstić information content (AvgIpc) is 2.16. The summed E-state index contributed by atoms with van der Waals surface area (Å²) in [6, 6.07) is 6.35. The Hall–Kier alpha value is -1.56. The SMILES string of the molecule is CCS(=O)(=O)Nc1cccc(CC(=O)O)c1. The first-order chi connectivity index (χ1) is 7.43. The van der Waals surface area contributed by atoms with Gasteiger partial charge in [0.15, 0.2) is 0 Å². The quantitative estimate of drug-likeness (QED) is 0.810. The first-order valence-electron chi connectivity index (χ1n) is 4.74. The maximum absolute atomic E-state index is 11.3. The molecular weight excluding hydrogens is 230 g/mol. The Bertz CT molecular complexity index is 481. The smallest absolute Gasteiger partial charge is 0.307 e. The summed E-state index contributed by atoms with van der Waals surface area (Å²) in [5, 5.41) is 8.60. The van der Waals surface area contributed by atoms with Crippen LogP contribution in [0.1, 0.15) is 12.5 Å². The molecule has 0 amide bonds. The van der Waals surface area contributed by atoms with Crippen LogP contribution in [-0.4, -0.2) is 25.2 Å². The standard InChI is InChI=1S/C10H13NO4S/c1-2-16(14,15)11-9-5-3-4-8(6-9)7-10(12)13/h3-6,11H,2,7H2,1H3,(H,12,13). The third-order valence-corrected chi connectivity index (χ3v) is 3.24. The van der Waals surface area contributed by atoms with Gasteiger partial charge in [0.1, 0.15) is 0 Å². The van der Waals surface area contributed by atoms with Crippen LogP contribution in [0.5, 0.6) is 0 Å². The molecule has 0 spiro atoms. The highest BCUT2D eigenvalue weighted by Gasteiger charge is 2.07. The number of carbonyl (C=O) groups is 1. The van der Waals surface area contributed by atoms with E-state index < -0.39 is 16.0 Å². The zero-order valence-electron chi connectivity index (χ0n) is 8.80. The van der Waals surface area contributed by atoms with Crippen molar-refractivity contribution in [3.63, 3.8) is 0 Å². The van der Waals surface area contributed by atoms with Gasteiger partial charge in [-0.15, -0.1) is 0 Å². The molecule has 0 unspecified atom stereocenters. The Balaban J connectivity index is 2.87. The maximum Gasteiger partial charge on any atom is 0.307 e. The Labute approximate surface area is 94.2 Å². The molecule has 1 rings (SSSR count). The van der Waals surface area contributed by atoms with Crippen LogP contribution in [0, 0.1) is 0 Å². The number of nitrogens with one attached hydrogen (secondary N) is 1. The fourth-order valence-corrected chi connectivity index (χ4v) is 1.80. The first kappa shape index (κ1) is 12.5. The van der Waals surface area contributed by atoms with Gasteiger partial charge in [0.25, 0.3) is 0 Å². The Morgan fingerprint density at radius 3 is 2.69 bits per heavy atom. The van der Waals surface area contributed by atoms with Crippen molar-refractivity contribution < 1.29 is 18.3 Å². The van der Waals surface area contributed by atoms with Crippen molar-refractivity contribution in [2.24, 2.45) is 0 Å². The third kappa shape index (κ3) is 3.90. The van der Waals surface area contributed by atoms with Gasteiger partial charge in [-0.05, 0) is 24.6 Å². The largest absolute Gasteiger partial charge is 0.481 e. The van der Waals surface area contributed by atoms with Gasteiger partial charge in [-0.1, -0.05) is 12.1 Å². The molecule has 1 aromatic carbocycles. The highest BCUT2D eigenvalue weighted by molar-refractivity contribution is 7.92. The minimum absolute atomic E-state index is 0.0177. The van der Waals surface area contributed by atoms with E-state index in [2.05, 4.69) is 4.72 Å². The van der Waals surface area contributed by atoms with Crippen LogP contribution in [-0.2, 0) is 21.2 Å². The van der Waals surface area contributed by atoms with E-state index in [9.17, 15) is 13.2 Å². The lowest BCUT2D eigenvalue weighted by Gasteiger charge is -2.06. The van der Waals surface area contributed by atoms with Crippen LogP contribution in [0.2, 0.25) is 0 Å². The lowest BCUT2D eigenvalue weighted by Crippen LogP contribution is -2.14. The molecule has 0 aromatic heterocycles. The van der Waals surface area contributed by atoms with E-state index in [1.165, 1.54) is 13.0 Å². The zero-order valence-corrected chi connectivity index (χ0v) is 9.62. The molecule has 5 nitrogen and oxygen atoms in total. The average molecular weight is 243 g/mol. The summed E-state index contributed by atoms with van der Waals surface area (Å²) in [6.07, 6.45) is -0.123. The number of hydrogen-bond acceptors (Lipinski definition) is 3. The summed E-state index contributed by atoms with van der Waals surface area (Å²) in [5.74, 6) is -0.966. The summed E-state index contributed by atoms with van der Waals surface area (Å²) >= 11 is 0. The van der Waals surface area contributed by atoms with E-state index in [4.69, 9.17) is 5.11 Å². The Morgan fingerprint density at radius 1 is 1.44 bits per heavy atom. The number of carboxylic acids is 1. The predicted molar refractivity (Wildman–Crippen MR) is 60.9 cm³/mol. The van der Waals surface area contributed by atoms with Gasteiger partial charge in [-0.25, -0.2) is 8.42 Å². The second-order valence-corrected chi connectivity index (χ2v) is 5.29. The van der Waals surface area contributed by atoms with Gasteiger partial charge in [0.05, 0.1) is 12.2 Å². The van der Waals surface area contributed by atoms with Gasteiger partial charge in [0, 0.05) is 5.69 Å². The molecule has 2 N–H and O–H groups in total. The van der Waals surface area contributed by atoms with Crippen molar-refractivity contribution in [3.05, 3.63) is 29.8 Å². The number of hydrogen-bond donors (Lipinski definition) is 2. The number of aliphatic carboxylic acids is 1. The molecule has 0 aliphatic rings. The summed E-state index contributed by atoms with van der Waals surface area (Å²) in [7, 11) is -3.32. The highest BCUT2D eigenvalue weighted by Crippen LogP contribution is 2.12. The van der Waals surface area contributed by atoms with E-state index in [-0.39, 0.29) is 12.2 Å². The molecule has 0 heterocycles. The molecule has 0 aliphatic carbocycles. The lowest BCUT2D eigenvalue weighted by molar-refractivity contribution is -0.136. The summed E-state index contributed by atoms with van der Waals surface area (Å²) in [6.45, 7) is 1.53. The number of rotatable bonds is 5. The maximum atomic E-state index is 11.3. The van der Waals surface area contributed by atoms with E-state index in [0.29, 0.717) is 11.3 Å². The second kappa shape index (κ2) is 4.98. The van der Waals surface area contributed by atoms with E-state index in [0.717, 1.165) is 0 Å². The van der Waals surface area contributed by atoms with Crippen LogP contribution >= 0.6 is 0 Å². The molecule has 0 radical (unpaired) electrons. The van der Waals surface area contributed by atoms with E-state index in [1.807, 2.05) is 0 Å². The molecule has 0 atom stereocenters. The van der Waals surface area contributed by atoms with Crippen LogP contribution in [0.3, 0.4) is 0 Å². The Morgan fingerprint density at radius 2 is 2.12 bits per heavy atom. The molecule has 1 aromatic rings. The highest BCUT2D eigenvalue weighted by atomic mass is 32.2. The monoisotopic (exact) mass is 243 g/mol. The molecule has 0 aliphatic heterocycles. The lowest BCUT2D eigenvalue weighted by atomic mass is 10.1. The van der Waals surface area contributed by atoms with Gasteiger partial charge < -0.3 is 5.11 Å². The summed E-state index contributed by atoms with van der Waals surface area (Å²) in [4.78, 5) is 10.5. The van der Waals surface area contributed by atoms with Crippen molar-refractivity contribution in [1.29, 1.82) is 0 Å².